The Hall–Kier alpha value is -1.59. The average molecular weight is 278 g/mol. The minimum absolute atomic E-state index is 0.000146. The van der Waals surface area contributed by atoms with Crippen LogP contribution in [0.25, 0.3) is 0 Å². The predicted octanol–water partition coefficient (Wildman–Crippen LogP) is 1.32. The van der Waals surface area contributed by atoms with Gasteiger partial charge in [0.1, 0.15) is 0 Å². The Bertz CT molecular complexity index is 424. The summed E-state index contributed by atoms with van der Waals surface area (Å²) in [5.74, 6) is 0. The molecule has 2 atom stereocenters. The highest BCUT2D eigenvalue weighted by Gasteiger charge is 2.31. The number of carbonyl (C=O) groups is 1. The first-order valence-corrected chi connectivity index (χ1v) is 7.08. The number of nitrogens with one attached hydrogen (secondary N) is 1. The number of aliphatic hydroxyl groups excluding tert-OH is 1. The van der Waals surface area contributed by atoms with Crippen molar-refractivity contribution in [3.63, 3.8) is 0 Å². The van der Waals surface area contributed by atoms with E-state index in [0.29, 0.717) is 13.1 Å². The molecule has 2 unspecified atom stereocenters. The Morgan fingerprint density at radius 1 is 1.35 bits per heavy atom. The molecular formula is C15H22N2O3. The van der Waals surface area contributed by atoms with Crippen LogP contribution >= 0.6 is 0 Å². The summed E-state index contributed by atoms with van der Waals surface area (Å²) in [7, 11) is 0. The monoisotopic (exact) mass is 278 g/mol. The number of benzene rings is 1. The fourth-order valence-corrected chi connectivity index (χ4v) is 2.84. The molecule has 0 aromatic heterocycles. The third-order valence-electron chi connectivity index (χ3n) is 3.82. The van der Waals surface area contributed by atoms with Crippen LogP contribution in [0.1, 0.15) is 18.4 Å². The Balaban J connectivity index is 2.01. The molecule has 0 aliphatic carbocycles. The fraction of sp³-hybridized carbons (Fsp3) is 0.533. The Morgan fingerprint density at radius 3 is 2.75 bits per heavy atom. The van der Waals surface area contributed by atoms with Crippen molar-refractivity contribution in [1.29, 1.82) is 0 Å². The van der Waals surface area contributed by atoms with Gasteiger partial charge >= 0.3 is 6.09 Å². The lowest BCUT2D eigenvalue weighted by molar-refractivity contribution is 0.0954. The highest BCUT2D eigenvalue weighted by molar-refractivity contribution is 5.65. The second-order valence-electron chi connectivity index (χ2n) is 5.22. The number of likely N-dealkylation sites (tertiary alicyclic amines) is 1. The topological polar surface area (TPSA) is 72.8 Å². The molecule has 5 nitrogen and oxygen atoms in total. The van der Waals surface area contributed by atoms with Gasteiger partial charge in [-0.15, -0.1) is 0 Å². The molecule has 1 aromatic rings. The van der Waals surface area contributed by atoms with Crippen molar-refractivity contribution in [1.82, 2.24) is 10.2 Å². The number of rotatable bonds is 5. The van der Waals surface area contributed by atoms with Gasteiger partial charge in [0.05, 0.1) is 6.61 Å². The van der Waals surface area contributed by atoms with Gasteiger partial charge in [-0.3, -0.25) is 0 Å². The van der Waals surface area contributed by atoms with Gasteiger partial charge in [0.2, 0.25) is 0 Å². The van der Waals surface area contributed by atoms with E-state index in [1.54, 1.807) is 4.90 Å². The highest BCUT2D eigenvalue weighted by atomic mass is 16.4. The number of amides is 1. The maximum atomic E-state index is 11.3. The lowest BCUT2D eigenvalue weighted by Gasteiger charge is -2.38. The Labute approximate surface area is 119 Å². The number of hydrogen-bond donors (Lipinski definition) is 3. The predicted molar refractivity (Wildman–Crippen MR) is 76.8 cm³/mol. The zero-order valence-corrected chi connectivity index (χ0v) is 11.5. The lowest BCUT2D eigenvalue weighted by Crippen LogP contribution is -2.51. The first kappa shape index (κ1) is 14.8. The number of carboxylic acid groups (broad SMARTS) is 1. The summed E-state index contributed by atoms with van der Waals surface area (Å²) in [5, 5.41) is 21.5. The first-order valence-electron chi connectivity index (χ1n) is 7.08. The maximum absolute atomic E-state index is 11.3. The number of nitrogens with zero attached hydrogens (tertiary/aromatic N) is 1. The molecular weight excluding hydrogens is 256 g/mol. The minimum atomic E-state index is -0.841. The van der Waals surface area contributed by atoms with Crippen LogP contribution in [0.5, 0.6) is 0 Å². The van der Waals surface area contributed by atoms with Crippen LogP contribution in [-0.4, -0.2) is 53.0 Å². The Morgan fingerprint density at radius 2 is 2.10 bits per heavy atom. The normalized spacial score (nSPS) is 22.8. The quantitative estimate of drug-likeness (QED) is 0.759. The highest BCUT2D eigenvalue weighted by Crippen LogP contribution is 2.21. The van der Waals surface area contributed by atoms with Gasteiger partial charge in [-0.25, -0.2) is 4.79 Å². The van der Waals surface area contributed by atoms with E-state index in [4.69, 9.17) is 5.11 Å². The Kier molecular flexibility index (Phi) is 5.38. The molecule has 3 N–H and O–H groups in total. The SMILES string of the molecule is O=C(O)N1CCC(NCCO)CC1Cc1ccccc1. The molecule has 1 heterocycles. The van der Waals surface area contributed by atoms with Gasteiger partial charge in [0, 0.05) is 25.2 Å². The summed E-state index contributed by atoms with van der Waals surface area (Å²) < 4.78 is 0. The largest absolute Gasteiger partial charge is 0.465 e. The first-order chi connectivity index (χ1) is 9.70. The van der Waals surface area contributed by atoms with E-state index in [1.165, 1.54) is 0 Å². The van der Waals surface area contributed by atoms with E-state index >= 15 is 0 Å². The van der Waals surface area contributed by atoms with Crippen molar-refractivity contribution in [2.75, 3.05) is 19.7 Å². The van der Waals surface area contributed by atoms with Gasteiger partial charge in [-0.1, -0.05) is 30.3 Å². The van der Waals surface area contributed by atoms with Gasteiger partial charge in [0.25, 0.3) is 0 Å². The van der Waals surface area contributed by atoms with Crippen LogP contribution in [0.3, 0.4) is 0 Å². The summed E-state index contributed by atoms with van der Waals surface area (Å²) >= 11 is 0. The standard InChI is InChI=1S/C15H22N2O3/c18-9-7-16-13-6-8-17(15(19)20)14(11-13)10-12-4-2-1-3-5-12/h1-5,13-14,16,18H,6-11H2,(H,19,20). The van der Waals surface area contributed by atoms with Gasteiger partial charge < -0.3 is 20.4 Å². The van der Waals surface area contributed by atoms with Crippen molar-refractivity contribution >= 4 is 6.09 Å². The maximum Gasteiger partial charge on any atom is 0.407 e. The van der Waals surface area contributed by atoms with Crippen LogP contribution in [0.2, 0.25) is 0 Å². The lowest BCUT2D eigenvalue weighted by atomic mass is 9.92. The molecule has 0 bridgehead atoms. The van der Waals surface area contributed by atoms with Gasteiger partial charge in [0.15, 0.2) is 0 Å². The average Bonchev–Trinajstić information content (AvgIpc) is 2.46. The van der Waals surface area contributed by atoms with Crippen LogP contribution in [0.4, 0.5) is 4.79 Å². The molecule has 1 saturated heterocycles. The van der Waals surface area contributed by atoms with E-state index in [-0.39, 0.29) is 18.7 Å². The molecule has 2 rings (SSSR count). The molecule has 0 spiro atoms. The molecule has 1 aromatic carbocycles. The minimum Gasteiger partial charge on any atom is -0.465 e. The van der Waals surface area contributed by atoms with Crippen LogP contribution in [0, 0.1) is 0 Å². The molecule has 0 saturated carbocycles. The molecule has 1 amide bonds. The third-order valence-corrected chi connectivity index (χ3v) is 3.82. The van der Waals surface area contributed by atoms with Gasteiger partial charge in [-0.2, -0.15) is 0 Å². The molecule has 20 heavy (non-hydrogen) atoms. The van der Waals surface area contributed by atoms with Crippen molar-refractivity contribution in [3.8, 4) is 0 Å². The summed E-state index contributed by atoms with van der Waals surface area (Å²) in [6.07, 6.45) is 1.50. The van der Waals surface area contributed by atoms with Crippen molar-refractivity contribution < 1.29 is 15.0 Å². The summed E-state index contributed by atoms with van der Waals surface area (Å²) in [6, 6.07) is 10.3. The molecule has 1 aliphatic rings. The van der Waals surface area contributed by atoms with E-state index in [0.717, 1.165) is 24.8 Å². The van der Waals surface area contributed by atoms with Gasteiger partial charge in [-0.05, 0) is 24.8 Å². The molecule has 5 heteroatoms. The van der Waals surface area contributed by atoms with E-state index < -0.39 is 6.09 Å². The van der Waals surface area contributed by atoms with Crippen LogP contribution < -0.4 is 5.32 Å². The molecule has 110 valence electrons. The van der Waals surface area contributed by atoms with Crippen LogP contribution in [-0.2, 0) is 6.42 Å². The fourth-order valence-electron chi connectivity index (χ4n) is 2.84. The summed E-state index contributed by atoms with van der Waals surface area (Å²) in [4.78, 5) is 12.9. The number of hydrogen-bond acceptors (Lipinski definition) is 3. The molecule has 0 radical (unpaired) electrons. The summed E-state index contributed by atoms with van der Waals surface area (Å²) in [5.41, 5.74) is 1.16. The van der Waals surface area contributed by atoms with Crippen molar-refractivity contribution in [2.45, 2.75) is 31.3 Å². The third kappa shape index (κ3) is 3.95. The molecule has 1 aliphatic heterocycles. The van der Waals surface area contributed by atoms with E-state index in [2.05, 4.69) is 5.32 Å². The van der Waals surface area contributed by atoms with Crippen LogP contribution in [0.15, 0.2) is 30.3 Å². The van der Waals surface area contributed by atoms with Crippen molar-refractivity contribution in [2.24, 2.45) is 0 Å². The van der Waals surface area contributed by atoms with Crippen molar-refractivity contribution in [3.05, 3.63) is 35.9 Å². The molecule has 1 fully saturated rings. The zero-order valence-electron chi connectivity index (χ0n) is 11.5. The van der Waals surface area contributed by atoms with E-state index in [9.17, 15) is 9.90 Å². The zero-order chi connectivity index (χ0) is 14.4. The summed E-state index contributed by atoms with van der Waals surface area (Å²) in [6.45, 7) is 1.23. The second-order valence-corrected chi connectivity index (χ2v) is 5.22. The number of piperidine rings is 1. The smallest absolute Gasteiger partial charge is 0.407 e. The van der Waals surface area contributed by atoms with E-state index in [1.807, 2.05) is 30.3 Å². The second kappa shape index (κ2) is 7.26. The number of aliphatic hydroxyl groups is 1.